The fraction of sp³-hybridized carbons (Fsp3) is 0.600. The van der Waals surface area contributed by atoms with Gasteiger partial charge in [0.2, 0.25) is 0 Å². The standard InChI is InChI=1S/C5H6BrN3S/c6-4-3(8-9-10-4)5(7)1-2-5/h1-2,7H2. The van der Waals surface area contributed by atoms with E-state index in [1.807, 2.05) is 0 Å². The molecule has 3 nitrogen and oxygen atoms in total. The van der Waals surface area contributed by atoms with Gasteiger partial charge in [-0.05, 0) is 40.3 Å². The topological polar surface area (TPSA) is 51.8 Å². The molecule has 0 atom stereocenters. The van der Waals surface area contributed by atoms with Crippen molar-refractivity contribution in [3.63, 3.8) is 0 Å². The van der Waals surface area contributed by atoms with Gasteiger partial charge in [-0.3, -0.25) is 0 Å². The zero-order valence-corrected chi connectivity index (χ0v) is 7.57. The summed E-state index contributed by atoms with van der Waals surface area (Å²) in [6.45, 7) is 0. The van der Waals surface area contributed by atoms with Crippen molar-refractivity contribution in [3.05, 3.63) is 9.48 Å². The summed E-state index contributed by atoms with van der Waals surface area (Å²) in [6.07, 6.45) is 2.08. The number of aromatic nitrogens is 2. The summed E-state index contributed by atoms with van der Waals surface area (Å²) >= 11 is 4.70. The van der Waals surface area contributed by atoms with Gasteiger partial charge in [-0.2, -0.15) is 0 Å². The maximum absolute atomic E-state index is 5.89. The van der Waals surface area contributed by atoms with Crippen molar-refractivity contribution in [1.29, 1.82) is 0 Å². The van der Waals surface area contributed by atoms with Crippen LogP contribution in [0.25, 0.3) is 0 Å². The van der Waals surface area contributed by atoms with Gasteiger partial charge >= 0.3 is 0 Å². The summed E-state index contributed by atoms with van der Waals surface area (Å²) in [7, 11) is 0. The smallest absolute Gasteiger partial charge is 0.116 e. The van der Waals surface area contributed by atoms with E-state index < -0.39 is 0 Å². The van der Waals surface area contributed by atoms with Gasteiger partial charge in [0.25, 0.3) is 0 Å². The van der Waals surface area contributed by atoms with Gasteiger partial charge in [0.15, 0.2) is 0 Å². The summed E-state index contributed by atoms with van der Waals surface area (Å²) in [5.41, 5.74) is 6.67. The zero-order valence-electron chi connectivity index (χ0n) is 5.17. The van der Waals surface area contributed by atoms with Crippen molar-refractivity contribution >= 4 is 27.5 Å². The lowest BCUT2D eigenvalue weighted by Crippen LogP contribution is -2.19. The Hall–Kier alpha value is -0.000000000000000111. The number of halogens is 1. The van der Waals surface area contributed by atoms with Crippen LogP contribution in [0, 0.1) is 0 Å². The molecule has 1 aliphatic carbocycles. The summed E-state index contributed by atoms with van der Waals surface area (Å²) in [5, 5.41) is 3.95. The second-order valence-electron chi connectivity index (χ2n) is 2.55. The molecule has 1 fully saturated rings. The first kappa shape index (κ1) is 6.69. The molecule has 10 heavy (non-hydrogen) atoms. The molecule has 54 valence electrons. The molecule has 0 aromatic carbocycles. The van der Waals surface area contributed by atoms with E-state index in [0.29, 0.717) is 0 Å². The summed E-state index contributed by atoms with van der Waals surface area (Å²) in [5.74, 6) is 0. The molecular formula is C5H6BrN3S. The van der Waals surface area contributed by atoms with Crippen LogP contribution in [0.2, 0.25) is 0 Å². The Labute approximate surface area is 70.9 Å². The molecule has 5 heteroatoms. The number of nitrogens with two attached hydrogens (primary N) is 1. The maximum Gasteiger partial charge on any atom is 0.116 e. The molecule has 2 N–H and O–H groups in total. The Bertz CT molecular complexity index is 255. The first-order valence-electron chi connectivity index (χ1n) is 3.00. The normalized spacial score (nSPS) is 21.0. The third-order valence-corrected chi connectivity index (χ3v) is 3.04. The first-order chi connectivity index (χ1) is 4.72. The molecule has 0 radical (unpaired) electrons. The molecule has 1 aliphatic rings. The second kappa shape index (κ2) is 1.99. The Balaban J connectivity index is 2.42. The van der Waals surface area contributed by atoms with Crippen molar-refractivity contribution in [2.24, 2.45) is 5.73 Å². The molecule has 1 saturated carbocycles. The van der Waals surface area contributed by atoms with Gasteiger partial charge in [0, 0.05) is 0 Å². The molecule has 1 aromatic heterocycles. The largest absolute Gasteiger partial charge is 0.320 e. The van der Waals surface area contributed by atoms with Crippen LogP contribution in [0.5, 0.6) is 0 Å². The molecule has 1 aromatic rings. The molecule has 0 aliphatic heterocycles. The fourth-order valence-electron chi connectivity index (χ4n) is 0.846. The fourth-order valence-corrected chi connectivity index (χ4v) is 2.04. The Morgan fingerprint density at radius 2 is 2.30 bits per heavy atom. The molecule has 0 bridgehead atoms. The van der Waals surface area contributed by atoms with E-state index in [1.54, 1.807) is 0 Å². The third-order valence-electron chi connectivity index (χ3n) is 1.71. The predicted octanol–water partition coefficient (Wildman–Crippen LogP) is 1.25. The maximum atomic E-state index is 5.89. The van der Waals surface area contributed by atoms with Crippen LogP contribution in [0.4, 0.5) is 0 Å². The van der Waals surface area contributed by atoms with Gasteiger partial charge in [-0.1, -0.05) is 4.49 Å². The molecule has 0 amide bonds. The molecule has 1 heterocycles. The van der Waals surface area contributed by atoms with Gasteiger partial charge in [0.1, 0.15) is 9.48 Å². The highest BCUT2D eigenvalue weighted by Crippen LogP contribution is 2.45. The number of hydrogen-bond donors (Lipinski definition) is 1. The zero-order chi connectivity index (χ0) is 7.19. The number of rotatable bonds is 1. The Morgan fingerprint density at radius 3 is 2.70 bits per heavy atom. The Morgan fingerprint density at radius 1 is 1.60 bits per heavy atom. The van der Waals surface area contributed by atoms with Gasteiger partial charge in [-0.15, -0.1) is 5.10 Å². The average molecular weight is 220 g/mol. The molecule has 0 saturated heterocycles. The van der Waals surface area contributed by atoms with E-state index in [-0.39, 0.29) is 5.54 Å². The van der Waals surface area contributed by atoms with Crippen molar-refractivity contribution in [2.45, 2.75) is 18.4 Å². The van der Waals surface area contributed by atoms with E-state index in [0.717, 1.165) is 22.3 Å². The van der Waals surface area contributed by atoms with Crippen molar-refractivity contribution in [1.82, 2.24) is 9.59 Å². The molecule has 2 rings (SSSR count). The van der Waals surface area contributed by atoms with Crippen LogP contribution < -0.4 is 5.73 Å². The van der Waals surface area contributed by atoms with Crippen molar-refractivity contribution in [2.75, 3.05) is 0 Å². The summed E-state index contributed by atoms with van der Waals surface area (Å²) in [6, 6.07) is 0. The van der Waals surface area contributed by atoms with Crippen LogP contribution in [0.3, 0.4) is 0 Å². The minimum absolute atomic E-state index is 0.147. The lowest BCUT2D eigenvalue weighted by atomic mass is 10.2. The molecular weight excluding hydrogens is 214 g/mol. The van der Waals surface area contributed by atoms with Gasteiger partial charge < -0.3 is 5.73 Å². The summed E-state index contributed by atoms with van der Waals surface area (Å²) < 4.78 is 4.77. The van der Waals surface area contributed by atoms with E-state index in [4.69, 9.17) is 5.73 Å². The SMILES string of the molecule is NC1(c2nnsc2Br)CC1. The van der Waals surface area contributed by atoms with E-state index in [9.17, 15) is 0 Å². The predicted molar refractivity (Wildman–Crippen MR) is 42.7 cm³/mol. The van der Waals surface area contributed by atoms with Gasteiger partial charge in [0.05, 0.1) is 5.54 Å². The van der Waals surface area contributed by atoms with Crippen LogP contribution in [-0.2, 0) is 5.54 Å². The monoisotopic (exact) mass is 219 g/mol. The van der Waals surface area contributed by atoms with Crippen molar-refractivity contribution in [3.8, 4) is 0 Å². The van der Waals surface area contributed by atoms with E-state index in [2.05, 4.69) is 25.5 Å². The second-order valence-corrected chi connectivity index (χ2v) is 4.62. The highest BCUT2D eigenvalue weighted by Gasteiger charge is 2.44. The number of hydrogen-bond acceptors (Lipinski definition) is 4. The minimum atomic E-state index is -0.147. The average Bonchev–Trinajstić information content (AvgIpc) is 2.44. The lowest BCUT2D eigenvalue weighted by Gasteiger charge is -2.01. The van der Waals surface area contributed by atoms with Crippen LogP contribution >= 0.6 is 27.5 Å². The molecule has 0 unspecified atom stereocenters. The number of nitrogens with zero attached hydrogens (tertiary/aromatic N) is 2. The summed E-state index contributed by atoms with van der Waals surface area (Å²) in [4.78, 5) is 0. The van der Waals surface area contributed by atoms with E-state index in [1.165, 1.54) is 11.5 Å². The van der Waals surface area contributed by atoms with Crippen LogP contribution in [-0.4, -0.2) is 9.59 Å². The van der Waals surface area contributed by atoms with Gasteiger partial charge in [-0.25, -0.2) is 0 Å². The lowest BCUT2D eigenvalue weighted by molar-refractivity contribution is 0.699. The highest BCUT2D eigenvalue weighted by molar-refractivity contribution is 9.11. The third kappa shape index (κ3) is 0.889. The quantitative estimate of drug-likeness (QED) is 0.774. The first-order valence-corrected chi connectivity index (χ1v) is 4.56. The van der Waals surface area contributed by atoms with E-state index >= 15 is 0 Å². The van der Waals surface area contributed by atoms with Crippen molar-refractivity contribution < 1.29 is 0 Å². The highest BCUT2D eigenvalue weighted by atomic mass is 79.9. The minimum Gasteiger partial charge on any atom is -0.320 e. The van der Waals surface area contributed by atoms with Crippen LogP contribution in [0.15, 0.2) is 3.79 Å². The van der Waals surface area contributed by atoms with Crippen LogP contribution in [0.1, 0.15) is 18.5 Å². The Kier molecular flexibility index (Phi) is 1.33. The molecule has 0 spiro atoms.